The van der Waals surface area contributed by atoms with Crippen LogP contribution in [0.3, 0.4) is 0 Å². The Kier molecular flexibility index (Phi) is 3.78. The first-order valence-electron chi connectivity index (χ1n) is 6.25. The minimum Gasteiger partial charge on any atom is -0.370 e. The first kappa shape index (κ1) is 12.1. The maximum atomic E-state index is 5.36. The molecule has 1 heterocycles. The van der Waals surface area contributed by atoms with Crippen LogP contribution in [0.2, 0.25) is 0 Å². The highest BCUT2D eigenvalue weighted by molar-refractivity contribution is 5.46. The number of nitrogens with zero attached hydrogens (tertiary/aromatic N) is 2. The normalized spacial score (nSPS) is 23.7. The molecule has 0 aliphatic heterocycles. The predicted molar refractivity (Wildman–Crippen MR) is 69.6 cm³/mol. The van der Waals surface area contributed by atoms with Gasteiger partial charge in [0.05, 0.1) is 0 Å². The number of nitrogens with one attached hydrogen (secondary N) is 2. The molecule has 1 aliphatic carbocycles. The Bertz CT molecular complexity index is 379. The number of hydrazine groups is 1. The van der Waals surface area contributed by atoms with Crippen LogP contribution in [0.4, 0.5) is 11.6 Å². The monoisotopic (exact) mass is 235 g/mol. The van der Waals surface area contributed by atoms with Crippen molar-refractivity contribution in [1.29, 1.82) is 0 Å². The molecule has 0 bridgehead atoms. The molecule has 1 aliphatic rings. The van der Waals surface area contributed by atoms with Crippen LogP contribution >= 0.6 is 0 Å². The van der Waals surface area contributed by atoms with E-state index < -0.39 is 0 Å². The standard InChI is InChI=1S/C12H21N5/c1-8-4-3-5-10(8)7-14-11-6-12(17-13)16-9(2)15-11/h6,8,10H,3-5,7,13H2,1-2H3,(H2,14,15,16,17). The van der Waals surface area contributed by atoms with Gasteiger partial charge in [0.1, 0.15) is 17.5 Å². The molecule has 2 atom stereocenters. The van der Waals surface area contributed by atoms with Gasteiger partial charge in [-0.2, -0.15) is 0 Å². The summed E-state index contributed by atoms with van der Waals surface area (Å²) in [5, 5.41) is 3.39. The van der Waals surface area contributed by atoms with E-state index in [1.165, 1.54) is 19.3 Å². The van der Waals surface area contributed by atoms with Crippen molar-refractivity contribution in [2.45, 2.75) is 33.1 Å². The molecule has 5 nitrogen and oxygen atoms in total. The van der Waals surface area contributed by atoms with Crippen LogP contribution in [0.15, 0.2) is 6.07 Å². The lowest BCUT2D eigenvalue weighted by Gasteiger charge is -2.16. The molecule has 1 aromatic heterocycles. The largest absolute Gasteiger partial charge is 0.370 e. The number of nitrogens with two attached hydrogens (primary N) is 1. The summed E-state index contributed by atoms with van der Waals surface area (Å²) in [6.45, 7) is 5.18. The highest BCUT2D eigenvalue weighted by Gasteiger charge is 2.22. The number of rotatable bonds is 4. The Labute approximate surface area is 102 Å². The number of hydrogen-bond acceptors (Lipinski definition) is 5. The van der Waals surface area contributed by atoms with Gasteiger partial charge >= 0.3 is 0 Å². The zero-order valence-corrected chi connectivity index (χ0v) is 10.5. The van der Waals surface area contributed by atoms with Crippen molar-refractivity contribution in [3.05, 3.63) is 11.9 Å². The molecule has 0 aromatic carbocycles. The predicted octanol–water partition coefficient (Wildman–Crippen LogP) is 1.92. The minimum absolute atomic E-state index is 0.652. The fraction of sp³-hybridized carbons (Fsp3) is 0.667. The van der Waals surface area contributed by atoms with Gasteiger partial charge in [-0.15, -0.1) is 0 Å². The van der Waals surface area contributed by atoms with Gasteiger partial charge in [0.15, 0.2) is 0 Å². The Morgan fingerprint density at radius 1 is 1.35 bits per heavy atom. The van der Waals surface area contributed by atoms with Crippen LogP contribution in [0.1, 0.15) is 32.0 Å². The number of aryl methyl sites for hydroxylation is 1. The molecule has 4 N–H and O–H groups in total. The Hall–Kier alpha value is -1.36. The fourth-order valence-electron chi connectivity index (χ4n) is 2.49. The zero-order valence-electron chi connectivity index (χ0n) is 10.5. The quantitative estimate of drug-likeness (QED) is 0.549. The third-order valence-electron chi connectivity index (χ3n) is 3.57. The van der Waals surface area contributed by atoms with Gasteiger partial charge in [0.25, 0.3) is 0 Å². The molecule has 1 aromatic rings. The molecule has 1 saturated carbocycles. The van der Waals surface area contributed by atoms with Crippen LogP contribution in [0, 0.1) is 18.8 Å². The van der Waals surface area contributed by atoms with E-state index in [-0.39, 0.29) is 0 Å². The topological polar surface area (TPSA) is 75.9 Å². The molecule has 5 heteroatoms. The second-order valence-electron chi connectivity index (χ2n) is 4.88. The van der Waals surface area contributed by atoms with E-state index in [4.69, 9.17) is 5.84 Å². The number of nitrogen functional groups attached to an aromatic ring is 1. The van der Waals surface area contributed by atoms with Gasteiger partial charge in [0.2, 0.25) is 0 Å². The summed E-state index contributed by atoms with van der Waals surface area (Å²) in [7, 11) is 0. The molecule has 0 amide bonds. The number of aromatic nitrogens is 2. The van der Waals surface area contributed by atoms with Crippen molar-refractivity contribution < 1.29 is 0 Å². The molecule has 1 fully saturated rings. The summed E-state index contributed by atoms with van der Waals surface area (Å²) in [6.07, 6.45) is 4.02. The van der Waals surface area contributed by atoms with Gasteiger partial charge in [-0.3, -0.25) is 0 Å². The lowest BCUT2D eigenvalue weighted by atomic mass is 9.98. The van der Waals surface area contributed by atoms with Gasteiger partial charge in [-0.1, -0.05) is 19.8 Å². The van der Waals surface area contributed by atoms with Gasteiger partial charge in [0, 0.05) is 12.6 Å². The van der Waals surface area contributed by atoms with E-state index >= 15 is 0 Å². The molecule has 94 valence electrons. The zero-order chi connectivity index (χ0) is 12.3. The summed E-state index contributed by atoms with van der Waals surface area (Å²) < 4.78 is 0. The number of anilines is 2. The van der Waals surface area contributed by atoms with Gasteiger partial charge in [-0.25, -0.2) is 15.8 Å². The minimum atomic E-state index is 0.652. The Morgan fingerprint density at radius 3 is 2.76 bits per heavy atom. The highest BCUT2D eigenvalue weighted by Crippen LogP contribution is 2.31. The summed E-state index contributed by atoms with van der Waals surface area (Å²) in [5.41, 5.74) is 2.55. The fourth-order valence-corrected chi connectivity index (χ4v) is 2.49. The van der Waals surface area contributed by atoms with E-state index in [1.54, 1.807) is 0 Å². The number of hydrogen-bond donors (Lipinski definition) is 3. The van der Waals surface area contributed by atoms with E-state index in [0.717, 1.165) is 30.0 Å². The maximum Gasteiger partial charge on any atom is 0.145 e. The molecule has 0 spiro atoms. The van der Waals surface area contributed by atoms with E-state index in [9.17, 15) is 0 Å². The smallest absolute Gasteiger partial charge is 0.145 e. The van der Waals surface area contributed by atoms with Crippen molar-refractivity contribution in [3.8, 4) is 0 Å². The second-order valence-corrected chi connectivity index (χ2v) is 4.88. The molecule has 2 unspecified atom stereocenters. The molecule has 17 heavy (non-hydrogen) atoms. The third kappa shape index (κ3) is 3.06. The second kappa shape index (κ2) is 5.31. The van der Waals surface area contributed by atoms with E-state index in [1.807, 2.05) is 13.0 Å². The van der Waals surface area contributed by atoms with E-state index in [2.05, 4.69) is 27.6 Å². The van der Waals surface area contributed by atoms with Crippen LogP contribution in [-0.2, 0) is 0 Å². The van der Waals surface area contributed by atoms with Crippen molar-refractivity contribution in [2.75, 3.05) is 17.3 Å². The SMILES string of the molecule is Cc1nc(NN)cc(NCC2CCCC2C)n1. The molecular formula is C12H21N5. The van der Waals surface area contributed by atoms with Crippen LogP contribution < -0.4 is 16.6 Å². The van der Waals surface area contributed by atoms with Crippen molar-refractivity contribution >= 4 is 11.6 Å². The van der Waals surface area contributed by atoms with E-state index in [0.29, 0.717) is 5.82 Å². The van der Waals surface area contributed by atoms with Gasteiger partial charge in [-0.05, 0) is 25.2 Å². The summed E-state index contributed by atoms with van der Waals surface area (Å²) in [5.74, 6) is 9.17. The Morgan fingerprint density at radius 2 is 2.12 bits per heavy atom. The highest BCUT2D eigenvalue weighted by atomic mass is 15.3. The first-order chi connectivity index (χ1) is 8.19. The summed E-state index contributed by atoms with van der Waals surface area (Å²) in [6, 6.07) is 1.84. The lowest BCUT2D eigenvalue weighted by Crippen LogP contribution is -2.18. The lowest BCUT2D eigenvalue weighted by molar-refractivity contribution is 0.439. The molecular weight excluding hydrogens is 214 g/mol. The summed E-state index contributed by atoms with van der Waals surface area (Å²) >= 11 is 0. The van der Waals surface area contributed by atoms with Crippen molar-refractivity contribution in [3.63, 3.8) is 0 Å². The molecule has 0 radical (unpaired) electrons. The third-order valence-corrected chi connectivity index (χ3v) is 3.57. The average Bonchev–Trinajstić information content (AvgIpc) is 2.71. The van der Waals surface area contributed by atoms with Crippen molar-refractivity contribution in [1.82, 2.24) is 9.97 Å². The molecule has 2 rings (SSSR count). The van der Waals surface area contributed by atoms with Crippen LogP contribution in [0.25, 0.3) is 0 Å². The van der Waals surface area contributed by atoms with Gasteiger partial charge < -0.3 is 10.7 Å². The van der Waals surface area contributed by atoms with Crippen molar-refractivity contribution in [2.24, 2.45) is 17.7 Å². The summed E-state index contributed by atoms with van der Waals surface area (Å²) in [4.78, 5) is 8.51. The Balaban J connectivity index is 1.96. The first-order valence-corrected chi connectivity index (χ1v) is 6.25. The van der Waals surface area contributed by atoms with Crippen LogP contribution in [0.5, 0.6) is 0 Å². The average molecular weight is 235 g/mol. The molecule has 0 saturated heterocycles. The van der Waals surface area contributed by atoms with Crippen LogP contribution in [-0.4, -0.2) is 16.5 Å². The maximum absolute atomic E-state index is 5.36.